The smallest absolute Gasteiger partial charge is 0.305 e. The van der Waals surface area contributed by atoms with Crippen LogP contribution in [0, 0.1) is 5.92 Å². The third-order valence-electron chi connectivity index (χ3n) is 6.07. The molecule has 1 aliphatic carbocycles. The second-order valence-electron chi connectivity index (χ2n) is 7.97. The first-order valence-corrected chi connectivity index (χ1v) is 10.2. The molecular formula is C23H26N2O4. The maximum absolute atomic E-state index is 12.4. The van der Waals surface area contributed by atoms with Crippen molar-refractivity contribution in [2.45, 2.75) is 44.6 Å². The molecule has 0 bridgehead atoms. The predicted molar refractivity (Wildman–Crippen MR) is 112 cm³/mol. The highest BCUT2D eigenvalue weighted by molar-refractivity contribution is 6.09. The van der Waals surface area contributed by atoms with E-state index >= 15 is 0 Å². The number of rotatable bonds is 4. The zero-order valence-electron chi connectivity index (χ0n) is 16.9. The number of pyridine rings is 1. The molecular weight excluding hydrogens is 368 g/mol. The van der Waals surface area contributed by atoms with E-state index < -0.39 is 12.0 Å². The normalized spacial score (nSPS) is 19.0. The molecule has 1 aromatic carbocycles. The minimum atomic E-state index is -0.920. The fourth-order valence-corrected chi connectivity index (χ4v) is 4.57. The number of hydrogen-bond donors (Lipinski definition) is 1. The summed E-state index contributed by atoms with van der Waals surface area (Å²) in [7, 11) is 3.35. The summed E-state index contributed by atoms with van der Waals surface area (Å²) in [6.07, 6.45) is 7.29. The van der Waals surface area contributed by atoms with Crippen LogP contribution in [0.1, 0.15) is 55.7 Å². The van der Waals surface area contributed by atoms with Gasteiger partial charge in [-0.3, -0.25) is 14.6 Å². The SMILES string of the molecule is COc1ccc2c(c1)C(C1CCCCC1)=NC(CC(=O)O)c1cc(=O)n(C)cc1-2. The number of aryl methyl sites for hydroxylation is 1. The Morgan fingerprint density at radius 3 is 2.62 bits per heavy atom. The first kappa shape index (κ1) is 19.4. The number of hydrogen-bond acceptors (Lipinski definition) is 4. The molecule has 29 heavy (non-hydrogen) atoms. The minimum Gasteiger partial charge on any atom is -0.497 e. The minimum absolute atomic E-state index is 0.137. The van der Waals surface area contributed by atoms with Crippen LogP contribution in [0.2, 0.25) is 0 Å². The van der Waals surface area contributed by atoms with Gasteiger partial charge in [-0.1, -0.05) is 19.3 Å². The number of fused-ring (bicyclic) bond motifs is 3. The third kappa shape index (κ3) is 3.71. The topological polar surface area (TPSA) is 80.9 Å². The third-order valence-corrected chi connectivity index (χ3v) is 6.07. The van der Waals surface area contributed by atoms with Crippen molar-refractivity contribution >= 4 is 11.7 Å². The summed E-state index contributed by atoms with van der Waals surface area (Å²) >= 11 is 0. The van der Waals surface area contributed by atoms with Gasteiger partial charge in [-0.25, -0.2) is 0 Å². The van der Waals surface area contributed by atoms with Crippen molar-refractivity contribution in [2.75, 3.05) is 7.11 Å². The van der Waals surface area contributed by atoms with Crippen LogP contribution in [0.4, 0.5) is 0 Å². The number of aliphatic imine (C=N–C) groups is 1. The van der Waals surface area contributed by atoms with Gasteiger partial charge in [0, 0.05) is 42.1 Å². The van der Waals surface area contributed by atoms with Crippen LogP contribution < -0.4 is 10.3 Å². The predicted octanol–water partition coefficient (Wildman–Crippen LogP) is 3.96. The van der Waals surface area contributed by atoms with Crippen LogP contribution in [-0.2, 0) is 11.8 Å². The summed E-state index contributed by atoms with van der Waals surface area (Å²) in [5, 5.41) is 9.53. The molecule has 4 rings (SSSR count). The molecule has 1 aromatic heterocycles. The van der Waals surface area contributed by atoms with E-state index in [1.165, 1.54) is 11.0 Å². The van der Waals surface area contributed by atoms with Crippen molar-refractivity contribution in [2.24, 2.45) is 18.0 Å². The van der Waals surface area contributed by atoms with Crippen LogP contribution >= 0.6 is 0 Å². The van der Waals surface area contributed by atoms with E-state index in [0.29, 0.717) is 11.5 Å². The van der Waals surface area contributed by atoms with Gasteiger partial charge in [-0.2, -0.15) is 0 Å². The van der Waals surface area contributed by atoms with E-state index in [2.05, 4.69) is 0 Å². The molecule has 1 unspecified atom stereocenters. The Hall–Kier alpha value is -2.89. The molecule has 6 heteroatoms. The fraction of sp³-hybridized carbons (Fsp3) is 0.435. The highest BCUT2D eigenvalue weighted by Crippen LogP contribution is 2.41. The number of aliphatic carboxylic acids is 1. The number of carboxylic acids is 1. The largest absolute Gasteiger partial charge is 0.497 e. The molecule has 2 aliphatic rings. The molecule has 6 nitrogen and oxygen atoms in total. The number of nitrogens with zero attached hydrogens (tertiary/aromatic N) is 2. The van der Waals surface area contributed by atoms with Crippen LogP contribution in [0.5, 0.6) is 5.75 Å². The molecule has 1 fully saturated rings. The molecule has 0 amide bonds. The molecule has 2 heterocycles. The summed E-state index contributed by atoms with van der Waals surface area (Å²) in [4.78, 5) is 29.0. The van der Waals surface area contributed by atoms with Crippen molar-refractivity contribution in [3.63, 3.8) is 0 Å². The number of carboxylic acid groups (broad SMARTS) is 1. The molecule has 1 atom stereocenters. The highest BCUT2D eigenvalue weighted by Gasteiger charge is 2.31. The number of aromatic nitrogens is 1. The Kier molecular flexibility index (Phi) is 5.26. The maximum atomic E-state index is 12.4. The van der Waals surface area contributed by atoms with Gasteiger partial charge in [-0.15, -0.1) is 0 Å². The quantitative estimate of drug-likeness (QED) is 0.851. The van der Waals surface area contributed by atoms with E-state index in [1.54, 1.807) is 26.4 Å². The standard InChI is InChI=1S/C23H26N2O4/c1-25-13-19-16-9-8-15(29-2)10-18(16)23(14-6-4-3-5-7-14)24-20(12-22(27)28)17(19)11-21(25)26/h8-11,13-14,20H,3-7,12H2,1-2H3,(H,27,28). The zero-order chi connectivity index (χ0) is 20.5. The molecule has 1 aliphatic heterocycles. The molecule has 0 spiro atoms. The van der Waals surface area contributed by atoms with Crippen LogP contribution in [-0.4, -0.2) is 28.5 Å². The second kappa shape index (κ2) is 7.85. The number of methoxy groups -OCH3 is 1. The Balaban J connectivity index is 1.99. The van der Waals surface area contributed by atoms with Gasteiger partial charge in [0.05, 0.1) is 19.6 Å². The van der Waals surface area contributed by atoms with Gasteiger partial charge in [0.15, 0.2) is 0 Å². The molecule has 0 saturated heterocycles. The van der Waals surface area contributed by atoms with Gasteiger partial charge >= 0.3 is 5.97 Å². The Morgan fingerprint density at radius 2 is 1.93 bits per heavy atom. The van der Waals surface area contributed by atoms with Gasteiger partial charge in [-0.05, 0) is 42.2 Å². The maximum Gasteiger partial charge on any atom is 0.305 e. The average Bonchev–Trinajstić information content (AvgIpc) is 2.84. The van der Waals surface area contributed by atoms with Crippen molar-refractivity contribution in [1.82, 2.24) is 4.57 Å². The molecule has 1 saturated carbocycles. The van der Waals surface area contributed by atoms with E-state index in [9.17, 15) is 14.7 Å². The van der Waals surface area contributed by atoms with Crippen molar-refractivity contribution in [1.29, 1.82) is 0 Å². The summed E-state index contributed by atoms with van der Waals surface area (Å²) in [5.41, 5.74) is 4.32. The van der Waals surface area contributed by atoms with Crippen LogP contribution in [0.25, 0.3) is 11.1 Å². The molecule has 152 valence electrons. The number of carbonyl (C=O) groups is 1. The van der Waals surface area contributed by atoms with Gasteiger partial charge in [0.25, 0.3) is 5.56 Å². The average molecular weight is 394 g/mol. The summed E-state index contributed by atoms with van der Waals surface area (Å²) in [6, 6.07) is 6.88. The first-order valence-electron chi connectivity index (χ1n) is 10.2. The Bertz CT molecular complexity index is 1030. The zero-order valence-corrected chi connectivity index (χ0v) is 16.9. The Morgan fingerprint density at radius 1 is 1.17 bits per heavy atom. The first-order chi connectivity index (χ1) is 14.0. The second-order valence-corrected chi connectivity index (χ2v) is 7.97. The molecule has 2 aromatic rings. The molecule has 0 radical (unpaired) electrons. The number of ether oxygens (including phenoxy) is 1. The summed E-state index contributed by atoms with van der Waals surface area (Å²) < 4.78 is 7.01. The number of benzene rings is 1. The van der Waals surface area contributed by atoms with Crippen molar-refractivity contribution in [3.05, 3.63) is 51.9 Å². The lowest BCUT2D eigenvalue weighted by atomic mass is 9.81. The lowest BCUT2D eigenvalue weighted by molar-refractivity contribution is -0.137. The summed E-state index contributed by atoms with van der Waals surface area (Å²) in [6.45, 7) is 0. The highest BCUT2D eigenvalue weighted by atomic mass is 16.5. The van der Waals surface area contributed by atoms with E-state index in [0.717, 1.165) is 53.8 Å². The van der Waals surface area contributed by atoms with Gasteiger partial charge in [0.1, 0.15) is 5.75 Å². The van der Waals surface area contributed by atoms with Gasteiger partial charge in [0.2, 0.25) is 0 Å². The van der Waals surface area contributed by atoms with E-state index in [-0.39, 0.29) is 12.0 Å². The lowest BCUT2D eigenvalue weighted by Crippen LogP contribution is -2.20. The van der Waals surface area contributed by atoms with E-state index in [4.69, 9.17) is 9.73 Å². The molecule has 1 N–H and O–H groups in total. The fourth-order valence-electron chi connectivity index (χ4n) is 4.57. The van der Waals surface area contributed by atoms with Crippen molar-refractivity contribution in [3.8, 4) is 16.9 Å². The Labute approximate surface area is 169 Å². The summed E-state index contributed by atoms with van der Waals surface area (Å²) in [5.74, 6) is 0.118. The van der Waals surface area contributed by atoms with Crippen molar-refractivity contribution < 1.29 is 14.6 Å². The lowest BCUT2D eigenvalue weighted by Gasteiger charge is -2.25. The van der Waals surface area contributed by atoms with E-state index in [1.807, 2.05) is 18.2 Å². The van der Waals surface area contributed by atoms with Gasteiger partial charge < -0.3 is 14.4 Å². The van der Waals surface area contributed by atoms with Crippen LogP contribution in [0.3, 0.4) is 0 Å². The monoisotopic (exact) mass is 394 g/mol. The van der Waals surface area contributed by atoms with Crippen LogP contribution in [0.15, 0.2) is 40.2 Å².